The molecule has 1 aromatic heterocycles. The van der Waals surface area contributed by atoms with Gasteiger partial charge in [0.2, 0.25) is 5.95 Å². The first-order valence-corrected chi connectivity index (χ1v) is 11.6. The lowest BCUT2D eigenvalue weighted by molar-refractivity contribution is 0.0941. The van der Waals surface area contributed by atoms with Gasteiger partial charge >= 0.3 is 0 Å². The molecule has 0 aliphatic heterocycles. The van der Waals surface area contributed by atoms with Gasteiger partial charge in [-0.2, -0.15) is 4.98 Å². The summed E-state index contributed by atoms with van der Waals surface area (Å²) in [6.07, 6.45) is 4.50. The maximum atomic E-state index is 12.3. The quantitative estimate of drug-likeness (QED) is 0.529. The van der Waals surface area contributed by atoms with Crippen LogP contribution in [0.15, 0.2) is 48.5 Å². The van der Waals surface area contributed by atoms with Gasteiger partial charge in [-0.05, 0) is 67.9 Å². The number of carbonyl (C=O) groups is 1. The van der Waals surface area contributed by atoms with E-state index in [1.807, 2.05) is 37.2 Å². The fourth-order valence-corrected chi connectivity index (χ4v) is 4.51. The zero-order valence-electron chi connectivity index (χ0n) is 18.6. The maximum Gasteiger partial charge on any atom is 0.251 e. The van der Waals surface area contributed by atoms with Crippen LogP contribution in [-0.4, -0.2) is 43.1 Å². The van der Waals surface area contributed by atoms with E-state index in [1.165, 1.54) is 0 Å². The third kappa shape index (κ3) is 5.49. The van der Waals surface area contributed by atoms with E-state index in [0.29, 0.717) is 34.9 Å². The molecular formula is C25H30ClN5O. The van der Waals surface area contributed by atoms with E-state index in [1.54, 1.807) is 24.3 Å². The van der Waals surface area contributed by atoms with Crippen LogP contribution in [0.25, 0.3) is 10.9 Å². The molecule has 7 heteroatoms. The molecule has 1 amide bonds. The zero-order valence-corrected chi connectivity index (χ0v) is 19.4. The Balaban J connectivity index is 1.26. The molecule has 0 radical (unpaired) electrons. The average molecular weight is 452 g/mol. The van der Waals surface area contributed by atoms with Gasteiger partial charge in [0, 0.05) is 43.2 Å². The van der Waals surface area contributed by atoms with Crippen molar-refractivity contribution in [2.45, 2.75) is 25.7 Å². The first-order valence-electron chi connectivity index (χ1n) is 11.2. The fraction of sp³-hybridized carbons (Fsp3) is 0.400. The number of hydrogen-bond donors (Lipinski definition) is 2. The number of nitrogens with one attached hydrogen (secondary N) is 2. The van der Waals surface area contributed by atoms with E-state index in [9.17, 15) is 4.79 Å². The van der Waals surface area contributed by atoms with Gasteiger partial charge in [0.15, 0.2) is 0 Å². The first-order chi connectivity index (χ1) is 15.5. The van der Waals surface area contributed by atoms with Gasteiger partial charge in [-0.15, -0.1) is 0 Å². The van der Waals surface area contributed by atoms with Crippen molar-refractivity contribution in [1.82, 2.24) is 15.3 Å². The number of carbonyl (C=O) groups excluding carboxylic acids is 1. The highest BCUT2D eigenvalue weighted by atomic mass is 35.5. The molecule has 168 valence electrons. The molecular weight excluding hydrogens is 422 g/mol. The number of rotatable bonds is 7. The minimum atomic E-state index is -0.0542. The summed E-state index contributed by atoms with van der Waals surface area (Å²) in [4.78, 5) is 23.8. The Labute approximate surface area is 194 Å². The van der Waals surface area contributed by atoms with E-state index >= 15 is 0 Å². The van der Waals surface area contributed by atoms with Crippen LogP contribution in [0.1, 0.15) is 36.0 Å². The number of nitrogens with zero attached hydrogens (tertiary/aromatic N) is 3. The summed E-state index contributed by atoms with van der Waals surface area (Å²) in [6, 6.07) is 15.2. The lowest BCUT2D eigenvalue weighted by atomic mass is 9.82. The molecule has 0 unspecified atom stereocenters. The molecule has 1 aliphatic rings. The van der Waals surface area contributed by atoms with Crippen LogP contribution in [0.5, 0.6) is 0 Å². The van der Waals surface area contributed by atoms with E-state index in [4.69, 9.17) is 21.6 Å². The van der Waals surface area contributed by atoms with Crippen molar-refractivity contribution in [2.24, 2.45) is 11.8 Å². The predicted molar refractivity (Wildman–Crippen MR) is 132 cm³/mol. The van der Waals surface area contributed by atoms with Gasteiger partial charge in [-0.1, -0.05) is 29.8 Å². The summed E-state index contributed by atoms with van der Waals surface area (Å²) in [5.41, 5.74) is 1.57. The Morgan fingerprint density at radius 3 is 2.44 bits per heavy atom. The van der Waals surface area contributed by atoms with Crippen LogP contribution in [-0.2, 0) is 0 Å². The minimum absolute atomic E-state index is 0.0542. The SMILES string of the molecule is CN(C)c1nc(NCC2CCC(CNC(=O)c3cccc(Cl)c3)CC2)nc2ccccc12. The molecule has 2 aromatic carbocycles. The lowest BCUT2D eigenvalue weighted by Gasteiger charge is -2.29. The normalized spacial score (nSPS) is 18.3. The number of anilines is 2. The van der Waals surface area contributed by atoms with Gasteiger partial charge in [0.05, 0.1) is 5.52 Å². The summed E-state index contributed by atoms with van der Waals surface area (Å²) in [6.45, 7) is 1.58. The second kappa shape index (κ2) is 10.2. The highest BCUT2D eigenvalue weighted by molar-refractivity contribution is 6.30. The van der Waals surface area contributed by atoms with Gasteiger partial charge < -0.3 is 15.5 Å². The summed E-state index contributed by atoms with van der Waals surface area (Å²) in [7, 11) is 4.01. The standard InChI is InChI=1S/C25H30ClN5O/c1-31(2)23-21-8-3-4-9-22(21)29-25(30-23)28-16-18-12-10-17(11-13-18)15-27-24(32)19-6-5-7-20(26)14-19/h3-9,14,17-18H,10-13,15-16H2,1-2H3,(H,27,32)(H,28,29,30). The van der Waals surface area contributed by atoms with E-state index < -0.39 is 0 Å². The van der Waals surface area contributed by atoms with Crippen molar-refractivity contribution in [3.63, 3.8) is 0 Å². The number of benzene rings is 2. The second-order valence-corrected chi connectivity index (χ2v) is 9.21. The van der Waals surface area contributed by atoms with Crippen LogP contribution in [0, 0.1) is 11.8 Å². The molecule has 1 fully saturated rings. The monoisotopic (exact) mass is 451 g/mol. The molecule has 0 saturated heterocycles. The first kappa shape index (κ1) is 22.3. The van der Waals surface area contributed by atoms with Crippen LogP contribution >= 0.6 is 11.6 Å². The van der Waals surface area contributed by atoms with Crippen molar-refractivity contribution >= 4 is 40.2 Å². The van der Waals surface area contributed by atoms with Gasteiger partial charge in [0.25, 0.3) is 5.91 Å². The van der Waals surface area contributed by atoms with Gasteiger partial charge in [-0.25, -0.2) is 4.98 Å². The topological polar surface area (TPSA) is 70.2 Å². The Morgan fingerprint density at radius 2 is 1.72 bits per heavy atom. The molecule has 0 bridgehead atoms. The summed E-state index contributed by atoms with van der Waals surface area (Å²) in [5, 5.41) is 8.17. The summed E-state index contributed by atoms with van der Waals surface area (Å²) < 4.78 is 0. The van der Waals surface area contributed by atoms with Crippen molar-refractivity contribution in [3.8, 4) is 0 Å². The predicted octanol–water partition coefficient (Wildman–Crippen LogP) is 5.00. The largest absolute Gasteiger partial charge is 0.362 e. The second-order valence-electron chi connectivity index (χ2n) is 8.77. The van der Waals surface area contributed by atoms with Crippen molar-refractivity contribution in [1.29, 1.82) is 0 Å². The number of fused-ring (bicyclic) bond motifs is 1. The number of para-hydroxylation sites is 1. The van der Waals surface area contributed by atoms with Crippen LogP contribution < -0.4 is 15.5 Å². The molecule has 2 N–H and O–H groups in total. The van der Waals surface area contributed by atoms with E-state index in [2.05, 4.69) is 16.7 Å². The van der Waals surface area contributed by atoms with E-state index in [0.717, 1.165) is 48.9 Å². The van der Waals surface area contributed by atoms with E-state index in [-0.39, 0.29) is 5.91 Å². The average Bonchev–Trinajstić information content (AvgIpc) is 2.81. The van der Waals surface area contributed by atoms with Crippen molar-refractivity contribution < 1.29 is 4.79 Å². The van der Waals surface area contributed by atoms with Gasteiger partial charge in [-0.3, -0.25) is 4.79 Å². The summed E-state index contributed by atoms with van der Waals surface area (Å²) >= 11 is 5.98. The summed E-state index contributed by atoms with van der Waals surface area (Å²) in [5.74, 6) is 2.67. The fourth-order valence-electron chi connectivity index (χ4n) is 4.32. The Morgan fingerprint density at radius 1 is 1.00 bits per heavy atom. The number of hydrogen-bond acceptors (Lipinski definition) is 5. The molecule has 6 nitrogen and oxygen atoms in total. The molecule has 0 atom stereocenters. The molecule has 0 spiro atoms. The third-order valence-electron chi connectivity index (χ3n) is 6.16. The molecule has 3 aromatic rings. The minimum Gasteiger partial charge on any atom is -0.362 e. The highest BCUT2D eigenvalue weighted by Crippen LogP contribution is 2.29. The highest BCUT2D eigenvalue weighted by Gasteiger charge is 2.22. The Bertz CT molecular complexity index is 1080. The zero-order chi connectivity index (χ0) is 22.5. The smallest absolute Gasteiger partial charge is 0.251 e. The number of aromatic nitrogens is 2. The van der Waals surface area contributed by atoms with Crippen molar-refractivity contribution in [2.75, 3.05) is 37.4 Å². The maximum absolute atomic E-state index is 12.3. The molecule has 4 rings (SSSR count). The lowest BCUT2D eigenvalue weighted by Crippen LogP contribution is -2.32. The van der Waals surface area contributed by atoms with Crippen LogP contribution in [0.4, 0.5) is 11.8 Å². The van der Waals surface area contributed by atoms with Crippen LogP contribution in [0.3, 0.4) is 0 Å². The van der Waals surface area contributed by atoms with Gasteiger partial charge in [0.1, 0.15) is 5.82 Å². The Kier molecular flexibility index (Phi) is 7.10. The Hall–Kier alpha value is -2.86. The van der Waals surface area contributed by atoms with Crippen LogP contribution in [0.2, 0.25) is 5.02 Å². The molecule has 1 saturated carbocycles. The number of amides is 1. The number of halogens is 1. The molecule has 32 heavy (non-hydrogen) atoms. The molecule has 1 heterocycles. The van der Waals surface area contributed by atoms with Crippen molar-refractivity contribution in [3.05, 3.63) is 59.1 Å². The third-order valence-corrected chi connectivity index (χ3v) is 6.40. The molecule has 1 aliphatic carbocycles.